The van der Waals surface area contributed by atoms with Crippen LogP contribution in [0.4, 0.5) is 10.1 Å². The van der Waals surface area contributed by atoms with E-state index in [0.29, 0.717) is 25.8 Å². The van der Waals surface area contributed by atoms with E-state index in [9.17, 15) is 21.2 Å². The molecule has 4 N–H and O–H groups in total. The molecule has 0 unspecified atom stereocenters. The van der Waals surface area contributed by atoms with Crippen molar-refractivity contribution in [2.45, 2.75) is 31.1 Å². The van der Waals surface area contributed by atoms with Gasteiger partial charge in [0, 0.05) is 6.54 Å². The fraction of sp³-hybridized carbons (Fsp3) is 0.538. The average Bonchev–Trinajstić information content (AvgIpc) is 2.45. The summed E-state index contributed by atoms with van der Waals surface area (Å²) in [7, 11) is -7.48. The van der Waals surface area contributed by atoms with Crippen LogP contribution in [0.1, 0.15) is 26.2 Å². The molecular weight excluding hydrogens is 345 g/mol. The Morgan fingerprint density at radius 2 is 1.87 bits per heavy atom. The van der Waals surface area contributed by atoms with Crippen molar-refractivity contribution in [3.05, 3.63) is 24.0 Å². The van der Waals surface area contributed by atoms with Crippen LogP contribution < -0.4 is 15.2 Å². The zero-order chi connectivity index (χ0) is 17.5. The molecule has 0 bridgehead atoms. The number of nitrogens with one attached hydrogen (secondary N) is 2. The SMILES string of the molecule is CCCS(=O)(=O)Nc1ccc(S(=O)(=O)NCCCCN)cc1F. The van der Waals surface area contributed by atoms with E-state index in [1.165, 1.54) is 0 Å². The van der Waals surface area contributed by atoms with E-state index in [4.69, 9.17) is 5.73 Å². The number of anilines is 1. The number of nitrogens with two attached hydrogens (primary N) is 1. The van der Waals surface area contributed by atoms with Crippen molar-refractivity contribution in [1.82, 2.24) is 4.72 Å². The van der Waals surface area contributed by atoms with Crippen molar-refractivity contribution in [2.75, 3.05) is 23.6 Å². The van der Waals surface area contributed by atoms with Crippen molar-refractivity contribution in [1.29, 1.82) is 0 Å². The topological polar surface area (TPSA) is 118 Å². The molecule has 0 aliphatic heterocycles. The van der Waals surface area contributed by atoms with E-state index in [1.807, 2.05) is 0 Å². The first kappa shape index (κ1) is 19.8. The summed E-state index contributed by atoms with van der Waals surface area (Å²) in [5.74, 6) is -1.09. The van der Waals surface area contributed by atoms with Crippen molar-refractivity contribution >= 4 is 25.7 Å². The lowest BCUT2D eigenvalue weighted by Gasteiger charge is -2.10. The summed E-state index contributed by atoms with van der Waals surface area (Å²) in [5.41, 5.74) is 5.04. The molecule has 0 aliphatic rings. The Kier molecular flexibility index (Phi) is 7.39. The standard InChI is InChI=1S/C13H22FN3O4S2/c1-2-9-22(18,19)17-13-6-5-11(10-12(13)14)23(20,21)16-8-4-3-7-15/h5-6,10,16-17H,2-4,7-9,15H2,1H3. The van der Waals surface area contributed by atoms with Crippen LogP contribution in [0.15, 0.2) is 23.1 Å². The second-order valence-corrected chi connectivity index (χ2v) is 8.56. The average molecular weight is 367 g/mol. The summed E-state index contributed by atoms with van der Waals surface area (Å²) in [6, 6.07) is 3.03. The van der Waals surface area contributed by atoms with Crippen LogP contribution in [-0.4, -0.2) is 35.7 Å². The van der Waals surface area contributed by atoms with Crippen molar-refractivity contribution < 1.29 is 21.2 Å². The molecule has 0 saturated heterocycles. The van der Waals surface area contributed by atoms with Gasteiger partial charge in [-0.3, -0.25) is 4.72 Å². The van der Waals surface area contributed by atoms with Gasteiger partial charge in [0.25, 0.3) is 0 Å². The summed E-state index contributed by atoms with van der Waals surface area (Å²) < 4.78 is 65.6. The van der Waals surface area contributed by atoms with Gasteiger partial charge in [-0.15, -0.1) is 0 Å². The van der Waals surface area contributed by atoms with Crippen LogP contribution in [0.25, 0.3) is 0 Å². The highest BCUT2D eigenvalue weighted by Crippen LogP contribution is 2.20. The number of rotatable bonds is 10. The number of hydrogen-bond acceptors (Lipinski definition) is 5. The molecule has 0 fully saturated rings. The van der Waals surface area contributed by atoms with Crippen LogP contribution in [0.3, 0.4) is 0 Å². The first-order valence-corrected chi connectivity index (χ1v) is 10.3. The summed E-state index contributed by atoms with van der Waals surface area (Å²) >= 11 is 0. The smallest absolute Gasteiger partial charge is 0.240 e. The minimum atomic E-state index is -3.84. The van der Waals surface area contributed by atoms with Gasteiger partial charge < -0.3 is 5.73 Å². The monoisotopic (exact) mass is 367 g/mol. The molecule has 0 radical (unpaired) electrons. The maximum Gasteiger partial charge on any atom is 0.240 e. The molecule has 1 rings (SSSR count). The van der Waals surface area contributed by atoms with E-state index in [0.717, 1.165) is 18.2 Å². The summed E-state index contributed by atoms with van der Waals surface area (Å²) in [6.45, 7) is 2.34. The molecule has 0 spiro atoms. The number of hydrogen-bond donors (Lipinski definition) is 3. The highest BCUT2D eigenvalue weighted by atomic mass is 32.2. The maximum absolute atomic E-state index is 14.0. The molecule has 0 aliphatic carbocycles. The molecule has 1 aromatic rings. The Morgan fingerprint density at radius 3 is 2.43 bits per heavy atom. The number of benzene rings is 1. The minimum Gasteiger partial charge on any atom is -0.330 e. The first-order chi connectivity index (χ1) is 10.7. The minimum absolute atomic E-state index is 0.144. The largest absolute Gasteiger partial charge is 0.330 e. The van der Waals surface area contributed by atoms with E-state index in [-0.39, 0.29) is 22.9 Å². The predicted molar refractivity (Wildman–Crippen MR) is 87.6 cm³/mol. The number of unbranched alkanes of at least 4 members (excludes halogenated alkanes) is 1. The lowest BCUT2D eigenvalue weighted by atomic mass is 10.3. The fourth-order valence-corrected chi connectivity index (χ4v) is 4.02. The molecule has 0 atom stereocenters. The second-order valence-electron chi connectivity index (χ2n) is 4.96. The Morgan fingerprint density at radius 1 is 1.17 bits per heavy atom. The normalized spacial score (nSPS) is 12.3. The van der Waals surface area contributed by atoms with Gasteiger partial charge in [0.15, 0.2) is 0 Å². The molecule has 0 aromatic heterocycles. The van der Waals surface area contributed by atoms with E-state index in [1.54, 1.807) is 6.92 Å². The van der Waals surface area contributed by atoms with Gasteiger partial charge in [-0.25, -0.2) is 25.9 Å². The third-order valence-corrected chi connectivity index (χ3v) is 5.85. The third-order valence-electron chi connectivity index (χ3n) is 2.91. The summed E-state index contributed by atoms with van der Waals surface area (Å²) in [5, 5.41) is 0. The maximum atomic E-state index is 14.0. The summed E-state index contributed by atoms with van der Waals surface area (Å²) in [6.07, 6.45) is 1.64. The van der Waals surface area contributed by atoms with Gasteiger partial charge in [0.1, 0.15) is 5.82 Å². The molecule has 7 nitrogen and oxygen atoms in total. The lowest BCUT2D eigenvalue weighted by molar-refractivity contribution is 0.574. The number of sulfonamides is 2. The van der Waals surface area contributed by atoms with Gasteiger partial charge in [0.2, 0.25) is 20.0 Å². The van der Waals surface area contributed by atoms with E-state index in [2.05, 4.69) is 9.44 Å². The Hall–Kier alpha value is -1.23. The van der Waals surface area contributed by atoms with Crippen molar-refractivity contribution in [3.8, 4) is 0 Å². The molecular formula is C13H22FN3O4S2. The van der Waals surface area contributed by atoms with Crippen molar-refractivity contribution in [2.24, 2.45) is 5.73 Å². The van der Waals surface area contributed by atoms with Crippen LogP contribution in [0, 0.1) is 5.82 Å². The highest BCUT2D eigenvalue weighted by molar-refractivity contribution is 7.92. The quantitative estimate of drug-likeness (QED) is 0.533. The predicted octanol–water partition coefficient (Wildman–Crippen LogP) is 0.995. The van der Waals surface area contributed by atoms with Crippen LogP contribution >= 0.6 is 0 Å². The van der Waals surface area contributed by atoms with Crippen LogP contribution in [0.2, 0.25) is 0 Å². The molecule has 0 heterocycles. The van der Waals surface area contributed by atoms with Gasteiger partial charge in [-0.1, -0.05) is 6.92 Å². The van der Waals surface area contributed by atoms with Gasteiger partial charge >= 0.3 is 0 Å². The second kappa shape index (κ2) is 8.57. The Labute approximate surface area is 136 Å². The zero-order valence-corrected chi connectivity index (χ0v) is 14.5. The summed E-state index contributed by atoms with van der Waals surface area (Å²) in [4.78, 5) is -0.263. The highest BCUT2D eigenvalue weighted by Gasteiger charge is 2.18. The van der Waals surface area contributed by atoms with Gasteiger partial charge in [-0.2, -0.15) is 0 Å². The van der Waals surface area contributed by atoms with Crippen LogP contribution in [-0.2, 0) is 20.0 Å². The molecule has 132 valence electrons. The molecule has 0 saturated carbocycles. The molecule has 10 heteroatoms. The van der Waals surface area contributed by atoms with Gasteiger partial charge in [0.05, 0.1) is 16.3 Å². The molecule has 1 aromatic carbocycles. The van der Waals surface area contributed by atoms with Gasteiger partial charge in [-0.05, 0) is 44.0 Å². The first-order valence-electron chi connectivity index (χ1n) is 7.21. The van der Waals surface area contributed by atoms with Crippen molar-refractivity contribution in [3.63, 3.8) is 0 Å². The Bertz CT molecular complexity index is 721. The number of halogens is 1. The van der Waals surface area contributed by atoms with E-state index < -0.39 is 25.9 Å². The Balaban J connectivity index is 2.87. The third kappa shape index (κ3) is 6.42. The molecule has 23 heavy (non-hydrogen) atoms. The molecule has 0 amide bonds. The lowest BCUT2D eigenvalue weighted by Crippen LogP contribution is -2.25. The van der Waals surface area contributed by atoms with Crippen LogP contribution in [0.5, 0.6) is 0 Å². The van der Waals surface area contributed by atoms with E-state index >= 15 is 0 Å². The zero-order valence-electron chi connectivity index (χ0n) is 12.9. The fourth-order valence-electron chi connectivity index (χ4n) is 1.79.